The minimum absolute atomic E-state index is 0.101. The van der Waals surface area contributed by atoms with Crippen molar-refractivity contribution >= 4 is 29.7 Å². The standard InChI is InChI=1S/C17H22N4O4S/c1-6-25-16(23)13-7-12(8-18)15(20-10(13)4)26-11(5)14(22)21-17(24)19-9(2)3/h7,9,11H,6H2,1-5H3,(H2,19,21,22,24)/t11-/m0/s1. The second-order valence-corrected chi connectivity index (χ2v) is 7.01. The highest BCUT2D eigenvalue weighted by atomic mass is 32.2. The number of aryl methyl sites for hydroxylation is 1. The van der Waals surface area contributed by atoms with Crippen LogP contribution in [0.4, 0.5) is 4.79 Å². The molecule has 0 spiro atoms. The lowest BCUT2D eigenvalue weighted by Crippen LogP contribution is -2.45. The number of amides is 3. The van der Waals surface area contributed by atoms with Gasteiger partial charge in [0.05, 0.1) is 28.7 Å². The van der Waals surface area contributed by atoms with Gasteiger partial charge < -0.3 is 10.1 Å². The number of hydrogen-bond acceptors (Lipinski definition) is 7. The maximum absolute atomic E-state index is 12.1. The van der Waals surface area contributed by atoms with Crippen molar-refractivity contribution in [2.75, 3.05) is 6.61 Å². The van der Waals surface area contributed by atoms with Crippen molar-refractivity contribution in [2.45, 2.75) is 50.9 Å². The van der Waals surface area contributed by atoms with Gasteiger partial charge >= 0.3 is 12.0 Å². The van der Waals surface area contributed by atoms with Gasteiger partial charge in [-0.2, -0.15) is 5.26 Å². The van der Waals surface area contributed by atoms with E-state index in [1.807, 2.05) is 6.07 Å². The summed E-state index contributed by atoms with van der Waals surface area (Å²) < 4.78 is 4.94. The van der Waals surface area contributed by atoms with E-state index >= 15 is 0 Å². The van der Waals surface area contributed by atoms with Crippen LogP contribution in [-0.4, -0.2) is 40.8 Å². The Morgan fingerprint density at radius 3 is 2.54 bits per heavy atom. The smallest absolute Gasteiger partial charge is 0.340 e. The lowest BCUT2D eigenvalue weighted by atomic mass is 10.1. The van der Waals surface area contributed by atoms with Crippen LogP contribution in [0.5, 0.6) is 0 Å². The summed E-state index contributed by atoms with van der Waals surface area (Å²) in [6, 6.07) is 2.69. The number of hydrogen-bond donors (Lipinski definition) is 2. The number of nitrogens with zero attached hydrogens (tertiary/aromatic N) is 2. The summed E-state index contributed by atoms with van der Waals surface area (Å²) in [4.78, 5) is 39.9. The lowest BCUT2D eigenvalue weighted by molar-refractivity contribution is -0.119. The number of ether oxygens (including phenoxy) is 1. The molecule has 0 saturated heterocycles. The van der Waals surface area contributed by atoms with Crippen molar-refractivity contribution in [2.24, 2.45) is 0 Å². The van der Waals surface area contributed by atoms with Crippen molar-refractivity contribution in [3.63, 3.8) is 0 Å². The van der Waals surface area contributed by atoms with Gasteiger partial charge in [0.2, 0.25) is 5.91 Å². The Kier molecular flexibility index (Phi) is 8.06. The maximum Gasteiger partial charge on any atom is 0.340 e. The van der Waals surface area contributed by atoms with E-state index in [1.54, 1.807) is 34.6 Å². The Labute approximate surface area is 156 Å². The van der Waals surface area contributed by atoms with E-state index in [0.29, 0.717) is 10.7 Å². The summed E-state index contributed by atoms with van der Waals surface area (Å²) in [5.74, 6) is -1.06. The minimum atomic E-state index is -0.666. The van der Waals surface area contributed by atoms with Crippen LogP contribution in [0.2, 0.25) is 0 Å². The van der Waals surface area contributed by atoms with E-state index in [0.717, 1.165) is 11.8 Å². The number of nitrogens with one attached hydrogen (secondary N) is 2. The minimum Gasteiger partial charge on any atom is -0.462 e. The number of aromatic nitrogens is 1. The molecule has 1 heterocycles. The molecular formula is C17H22N4O4S. The predicted molar refractivity (Wildman–Crippen MR) is 96.8 cm³/mol. The Hall–Kier alpha value is -2.60. The van der Waals surface area contributed by atoms with E-state index in [2.05, 4.69) is 15.6 Å². The summed E-state index contributed by atoms with van der Waals surface area (Å²) in [6.07, 6.45) is 0. The van der Waals surface area contributed by atoms with E-state index in [-0.39, 0.29) is 23.8 Å². The van der Waals surface area contributed by atoms with Crippen LogP contribution in [0.1, 0.15) is 49.3 Å². The molecule has 140 valence electrons. The number of rotatable bonds is 6. The fourth-order valence-electron chi connectivity index (χ4n) is 1.90. The largest absolute Gasteiger partial charge is 0.462 e. The maximum atomic E-state index is 12.1. The molecule has 2 N–H and O–H groups in total. The summed E-state index contributed by atoms with van der Waals surface area (Å²) >= 11 is 1.03. The van der Waals surface area contributed by atoms with Gasteiger partial charge in [0.25, 0.3) is 0 Å². The summed E-state index contributed by atoms with van der Waals surface area (Å²) in [5, 5.41) is 13.8. The SMILES string of the molecule is CCOC(=O)c1cc(C#N)c(S[C@@H](C)C(=O)NC(=O)NC(C)C)nc1C. The van der Waals surface area contributed by atoms with Crippen LogP contribution in [-0.2, 0) is 9.53 Å². The normalized spacial score (nSPS) is 11.4. The summed E-state index contributed by atoms with van der Waals surface area (Å²) in [6.45, 7) is 8.68. The molecule has 0 fully saturated rings. The molecule has 0 radical (unpaired) electrons. The lowest BCUT2D eigenvalue weighted by Gasteiger charge is -2.14. The van der Waals surface area contributed by atoms with Crippen molar-refractivity contribution in [1.82, 2.24) is 15.6 Å². The van der Waals surface area contributed by atoms with Crippen LogP contribution in [0.25, 0.3) is 0 Å². The molecule has 0 saturated carbocycles. The number of imide groups is 1. The average molecular weight is 378 g/mol. The number of pyridine rings is 1. The van der Waals surface area contributed by atoms with Crippen molar-refractivity contribution in [3.8, 4) is 6.07 Å². The van der Waals surface area contributed by atoms with Gasteiger partial charge in [-0.1, -0.05) is 11.8 Å². The highest BCUT2D eigenvalue weighted by Crippen LogP contribution is 2.27. The van der Waals surface area contributed by atoms with Gasteiger partial charge in [-0.15, -0.1) is 0 Å². The van der Waals surface area contributed by atoms with Crippen LogP contribution >= 0.6 is 11.8 Å². The van der Waals surface area contributed by atoms with Gasteiger partial charge in [-0.25, -0.2) is 14.6 Å². The third-order valence-corrected chi connectivity index (χ3v) is 4.21. The molecule has 1 aromatic rings. The zero-order valence-electron chi connectivity index (χ0n) is 15.4. The molecule has 0 aliphatic carbocycles. The predicted octanol–water partition coefficient (Wildman–Crippen LogP) is 2.15. The molecular weight excluding hydrogens is 356 g/mol. The van der Waals surface area contributed by atoms with Crippen molar-refractivity contribution < 1.29 is 19.1 Å². The number of esters is 1. The highest BCUT2D eigenvalue weighted by molar-refractivity contribution is 8.00. The first-order valence-corrected chi connectivity index (χ1v) is 8.94. The van der Waals surface area contributed by atoms with Crippen molar-refractivity contribution in [3.05, 3.63) is 22.9 Å². The van der Waals surface area contributed by atoms with Crippen LogP contribution in [0.3, 0.4) is 0 Å². The van der Waals surface area contributed by atoms with Gasteiger partial charge in [-0.3, -0.25) is 10.1 Å². The molecule has 26 heavy (non-hydrogen) atoms. The van der Waals surface area contributed by atoms with Crippen LogP contribution in [0, 0.1) is 18.3 Å². The Morgan fingerprint density at radius 1 is 1.35 bits per heavy atom. The van der Waals surface area contributed by atoms with Gasteiger partial charge in [0.15, 0.2) is 0 Å². The first kappa shape index (κ1) is 21.4. The molecule has 0 unspecified atom stereocenters. The molecule has 3 amide bonds. The zero-order valence-corrected chi connectivity index (χ0v) is 16.2. The van der Waals surface area contributed by atoms with E-state index in [4.69, 9.17) is 4.74 Å². The van der Waals surface area contributed by atoms with Gasteiger partial charge in [0.1, 0.15) is 11.1 Å². The first-order valence-electron chi connectivity index (χ1n) is 8.06. The number of urea groups is 1. The van der Waals surface area contributed by atoms with E-state index in [9.17, 15) is 19.6 Å². The fourth-order valence-corrected chi connectivity index (χ4v) is 2.82. The Bertz CT molecular complexity index is 743. The number of carbonyl (C=O) groups excluding carboxylic acids is 3. The van der Waals surface area contributed by atoms with Crippen LogP contribution < -0.4 is 10.6 Å². The molecule has 1 atom stereocenters. The molecule has 1 rings (SSSR count). The number of nitriles is 1. The van der Waals surface area contributed by atoms with E-state index in [1.165, 1.54) is 6.07 Å². The third-order valence-electron chi connectivity index (χ3n) is 3.11. The topological polar surface area (TPSA) is 121 Å². The number of thioether (sulfide) groups is 1. The molecule has 9 heteroatoms. The van der Waals surface area contributed by atoms with Crippen LogP contribution in [0.15, 0.2) is 11.1 Å². The summed E-state index contributed by atoms with van der Waals surface area (Å²) in [7, 11) is 0. The molecule has 8 nitrogen and oxygen atoms in total. The second-order valence-electron chi connectivity index (χ2n) is 5.68. The molecule has 1 aromatic heterocycles. The van der Waals surface area contributed by atoms with Gasteiger partial charge in [0, 0.05) is 6.04 Å². The third kappa shape index (κ3) is 6.04. The monoisotopic (exact) mass is 378 g/mol. The Balaban J connectivity index is 2.94. The molecule has 0 aromatic carbocycles. The van der Waals surface area contributed by atoms with E-state index < -0.39 is 23.2 Å². The molecule has 0 aliphatic heterocycles. The molecule has 0 aliphatic rings. The van der Waals surface area contributed by atoms with Gasteiger partial charge in [-0.05, 0) is 40.7 Å². The quantitative estimate of drug-likeness (QED) is 0.574. The Morgan fingerprint density at radius 2 is 2.00 bits per heavy atom. The number of carbonyl (C=O) groups is 3. The zero-order chi connectivity index (χ0) is 19.9. The first-order chi connectivity index (χ1) is 12.2. The average Bonchev–Trinajstić information content (AvgIpc) is 2.54. The molecule has 0 bridgehead atoms. The van der Waals surface area contributed by atoms with Crippen molar-refractivity contribution in [1.29, 1.82) is 5.26 Å². The fraction of sp³-hybridized carbons (Fsp3) is 0.471. The second kappa shape index (κ2) is 9.77. The summed E-state index contributed by atoms with van der Waals surface area (Å²) in [5.41, 5.74) is 0.770. The highest BCUT2D eigenvalue weighted by Gasteiger charge is 2.22.